The molecule has 102 valence electrons. The number of benzene rings is 1. The SMILES string of the molecule is CC.CC.CC.Cc1ccc(CCP)cc1C. The Balaban J connectivity index is -0.000000285. The third-order valence-corrected chi connectivity index (χ3v) is 2.29. The molecule has 1 unspecified atom stereocenters. The molecule has 0 radical (unpaired) electrons. The van der Waals surface area contributed by atoms with Crippen molar-refractivity contribution in [3.63, 3.8) is 0 Å². The predicted molar refractivity (Wildman–Crippen MR) is 88.2 cm³/mol. The van der Waals surface area contributed by atoms with Crippen LogP contribution in [0.15, 0.2) is 18.2 Å². The molecule has 0 heterocycles. The van der Waals surface area contributed by atoms with E-state index in [9.17, 15) is 0 Å². The van der Waals surface area contributed by atoms with E-state index in [0.29, 0.717) is 0 Å². The maximum absolute atomic E-state index is 2.76. The van der Waals surface area contributed by atoms with Gasteiger partial charge in [-0.2, -0.15) is 0 Å². The van der Waals surface area contributed by atoms with E-state index >= 15 is 0 Å². The van der Waals surface area contributed by atoms with Crippen molar-refractivity contribution >= 4 is 9.24 Å². The molecular formula is C16H33P. The normalized spacial score (nSPS) is 7.59. The summed E-state index contributed by atoms with van der Waals surface area (Å²) in [6.45, 7) is 16.3. The molecule has 0 aliphatic heterocycles. The summed E-state index contributed by atoms with van der Waals surface area (Å²) in [7, 11) is 2.76. The van der Waals surface area contributed by atoms with Crippen LogP contribution in [-0.2, 0) is 6.42 Å². The Morgan fingerprint density at radius 2 is 1.29 bits per heavy atom. The van der Waals surface area contributed by atoms with Crippen LogP contribution in [0, 0.1) is 13.8 Å². The summed E-state index contributed by atoms with van der Waals surface area (Å²) in [4.78, 5) is 0. The molecule has 1 aromatic rings. The minimum atomic E-state index is 1.16. The van der Waals surface area contributed by atoms with E-state index in [-0.39, 0.29) is 0 Å². The third-order valence-electron chi connectivity index (χ3n) is 2.00. The zero-order valence-corrected chi connectivity index (χ0v) is 14.4. The van der Waals surface area contributed by atoms with Gasteiger partial charge in [0.25, 0.3) is 0 Å². The first-order chi connectivity index (χ1) is 8.24. The molecule has 1 aromatic carbocycles. The Labute approximate surface area is 112 Å². The monoisotopic (exact) mass is 256 g/mol. The number of hydrogen-bond donors (Lipinski definition) is 0. The molecule has 1 atom stereocenters. The molecule has 0 spiro atoms. The van der Waals surface area contributed by atoms with E-state index in [2.05, 4.69) is 41.3 Å². The fourth-order valence-corrected chi connectivity index (χ4v) is 1.46. The Morgan fingerprint density at radius 1 is 0.824 bits per heavy atom. The molecule has 0 aromatic heterocycles. The van der Waals surface area contributed by atoms with E-state index in [4.69, 9.17) is 0 Å². The zero-order valence-electron chi connectivity index (χ0n) is 13.2. The summed E-state index contributed by atoms with van der Waals surface area (Å²) in [5.41, 5.74) is 4.24. The molecule has 0 bridgehead atoms. The van der Waals surface area contributed by atoms with Crippen molar-refractivity contribution < 1.29 is 0 Å². The summed E-state index contributed by atoms with van der Waals surface area (Å²) < 4.78 is 0. The molecule has 0 N–H and O–H groups in total. The fourth-order valence-electron chi connectivity index (χ4n) is 1.13. The molecule has 0 fully saturated rings. The van der Waals surface area contributed by atoms with Gasteiger partial charge < -0.3 is 0 Å². The highest BCUT2D eigenvalue weighted by Crippen LogP contribution is 2.10. The first kappa shape index (κ1) is 21.9. The maximum Gasteiger partial charge on any atom is -0.0244 e. The molecule has 0 saturated heterocycles. The van der Waals surface area contributed by atoms with Gasteiger partial charge in [0.15, 0.2) is 0 Å². The van der Waals surface area contributed by atoms with Crippen LogP contribution in [0.3, 0.4) is 0 Å². The van der Waals surface area contributed by atoms with Crippen molar-refractivity contribution in [2.24, 2.45) is 0 Å². The van der Waals surface area contributed by atoms with E-state index in [0.717, 1.165) is 6.16 Å². The summed E-state index contributed by atoms with van der Waals surface area (Å²) in [6.07, 6.45) is 2.33. The topological polar surface area (TPSA) is 0 Å². The quantitative estimate of drug-likeness (QED) is 0.587. The van der Waals surface area contributed by atoms with Gasteiger partial charge in [-0.15, -0.1) is 9.24 Å². The van der Waals surface area contributed by atoms with Crippen molar-refractivity contribution in [2.75, 3.05) is 6.16 Å². The second-order valence-corrected chi connectivity index (χ2v) is 3.53. The lowest BCUT2D eigenvalue weighted by molar-refractivity contribution is 1.14. The average Bonchev–Trinajstić information content (AvgIpc) is 2.41. The third kappa shape index (κ3) is 11.9. The highest BCUT2D eigenvalue weighted by molar-refractivity contribution is 7.16. The molecule has 0 nitrogen and oxygen atoms in total. The molecule has 0 saturated carbocycles. The van der Waals surface area contributed by atoms with Crippen molar-refractivity contribution in [2.45, 2.75) is 61.8 Å². The minimum Gasteiger partial charge on any atom is -0.137 e. The Hall–Kier alpha value is -0.350. The lowest BCUT2D eigenvalue weighted by atomic mass is 10.1. The standard InChI is InChI=1S/C10H15P.3C2H6/c1-8-3-4-10(5-6-11)7-9(8)2;3*1-2/h3-4,7H,5-6,11H2,1-2H3;3*1-2H3. The predicted octanol–water partition coefficient (Wildman–Crippen LogP) is 5.80. The largest absolute Gasteiger partial charge is 0.137 e. The highest BCUT2D eigenvalue weighted by Gasteiger charge is 1.93. The van der Waals surface area contributed by atoms with Crippen LogP contribution >= 0.6 is 9.24 Å². The van der Waals surface area contributed by atoms with Crippen LogP contribution in [-0.4, -0.2) is 6.16 Å². The van der Waals surface area contributed by atoms with Crippen molar-refractivity contribution in [1.29, 1.82) is 0 Å². The van der Waals surface area contributed by atoms with Crippen LogP contribution < -0.4 is 0 Å². The van der Waals surface area contributed by atoms with Gasteiger partial charge in [0, 0.05) is 0 Å². The van der Waals surface area contributed by atoms with E-state index in [1.807, 2.05) is 41.5 Å². The van der Waals surface area contributed by atoms with Gasteiger partial charge in [-0.1, -0.05) is 59.7 Å². The van der Waals surface area contributed by atoms with Crippen LogP contribution in [0.2, 0.25) is 0 Å². The molecule has 0 aliphatic rings. The van der Waals surface area contributed by atoms with Gasteiger partial charge in [-0.25, -0.2) is 0 Å². The molecule has 0 amide bonds. The van der Waals surface area contributed by atoms with Gasteiger partial charge in [0.05, 0.1) is 0 Å². The lowest BCUT2D eigenvalue weighted by Gasteiger charge is -2.02. The summed E-state index contributed by atoms with van der Waals surface area (Å²) in [5.74, 6) is 0. The van der Waals surface area contributed by atoms with Gasteiger partial charge in [-0.3, -0.25) is 0 Å². The Morgan fingerprint density at radius 3 is 1.65 bits per heavy atom. The van der Waals surface area contributed by atoms with Crippen LogP contribution in [0.4, 0.5) is 0 Å². The zero-order chi connectivity index (χ0) is 14.3. The van der Waals surface area contributed by atoms with E-state index in [1.54, 1.807) is 0 Å². The summed E-state index contributed by atoms with van der Waals surface area (Å²) in [6, 6.07) is 6.69. The number of hydrogen-bond acceptors (Lipinski definition) is 0. The van der Waals surface area contributed by atoms with Crippen molar-refractivity contribution in [1.82, 2.24) is 0 Å². The van der Waals surface area contributed by atoms with Gasteiger partial charge in [0.2, 0.25) is 0 Å². The average molecular weight is 256 g/mol. The first-order valence-electron chi connectivity index (χ1n) is 7.00. The van der Waals surface area contributed by atoms with Crippen LogP contribution in [0.1, 0.15) is 58.2 Å². The molecule has 1 heteroatoms. The summed E-state index contributed by atoms with van der Waals surface area (Å²) in [5, 5.41) is 0. The minimum absolute atomic E-state index is 1.16. The van der Waals surface area contributed by atoms with Gasteiger partial charge in [-0.05, 0) is 43.1 Å². The smallest absolute Gasteiger partial charge is 0.0244 e. The summed E-state index contributed by atoms with van der Waals surface area (Å²) >= 11 is 0. The lowest BCUT2D eigenvalue weighted by Crippen LogP contribution is -1.88. The van der Waals surface area contributed by atoms with Crippen LogP contribution in [0.5, 0.6) is 0 Å². The second kappa shape index (κ2) is 18.0. The Bertz CT molecular complexity index is 241. The van der Waals surface area contributed by atoms with Crippen molar-refractivity contribution in [3.05, 3.63) is 34.9 Å². The number of aryl methyl sites for hydroxylation is 3. The maximum atomic E-state index is 2.76. The molecule has 1 rings (SSSR count). The fraction of sp³-hybridized carbons (Fsp3) is 0.625. The first-order valence-corrected chi connectivity index (χ1v) is 7.82. The second-order valence-electron chi connectivity index (χ2n) is 2.96. The Kier molecular flexibility index (Phi) is 23.2. The number of rotatable bonds is 2. The van der Waals surface area contributed by atoms with Crippen molar-refractivity contribution in [3.8, 4) is 0 Å². The molecule has 17 heavy (non-hydrogen) atoms. The molecule has 0 aliphatic carbocycles. The van der Waals surface area contributed by atoms with E-state index < -0.39 is 0 Å². The highest BCUT2D eigenvalue weighted by atomic mass is 31.0. The molecular weight excluding hydrogens is 223 g/mol. The van der Waals surface area contributed by atoms with Crippen LogP contribution in [0.25, 0.3) is 0 Å². The van der Waals surface area contributed by atoms with Gasteiger partial charge >= 0.3 is 0 Å². The van der Waals surface area contributed by atoms with Gasteiger partial charge in [0.1, 0.15) is 0 Å². The van der Waals surface area contributed by atoms with E-state index in [1.165, 1.54) is 23.1 Å².